The summed E-state index contributed by atoms with van der Waals surface area (Å²) in [5.41, 5.74) is 8.21. The summed E-state index contributed by atoms with van der Waals surface area (Å²) >= 11 is 0. The third-order valence-corrected chi connectivity index (χ3v) is 11.3. The number of imidazole rings is 2. The molecule has 6 aromatic rings. The highest BCUT2D eigenvalue weighted by Gasteiger charge is 2.36. The molecule has 0 aliphatic carbocycles. The van der Waals surface area contributed by atoms with Crippen molar-refractivity contribution in [2.45, 2.75) is 96.8 Å². The van der Waals surface area contributed by atoms with Gasteiger partial charge in [0.2, 0.25) is 0 Å². The molecule has 4 aromatic carbocycles. The zero-order valence-corrected chi connectivity index (χ0v) is 34.1. The summed E-state index contributed by atoms with van der Waals surface area (Å²) in [6.45, 7) is 13.8. The SMILES string of the molecule is C[C@@H](CCCNC(=O)OCc1ccccc1)c1cnc(-c2ccc3c(c2)C(C)(C)c2ccc(-c4ccc5nc([C@@H]6CCCN6C(=O)OC(C)(C)C)[nH]c5c4)cc2O3)[nH]1. The highest BCUT2D eigenvalue weighted by atomic mass is 16.6. The second kappa shape index (κ2) is 15.7. The number of aromatic nitrogens is 4. The average molecular weight is 781 g/mol. The minimum absolute atomic E-state index is 0.145. The zero-order chi connectivity index (χ0) is 40.6. The summed E-state index contributed by atoms with van der Waals surface area (Å²) in [6.07, 6.45) is 4.65. The van der Waals surface area contributed by atoms with E-state index < -0.39 is 11.7 Å². The van der Waals surface area contributed by atoms with Crippen molar-refractivity contribution < 1.29 is 23.8 Å². The zero-order valence-electron chi connectivity index (χ0n) is 34.1. The van der Waals surface area contributed by atoms with E-state index >= 15 is 0 Å². The highest BCUT2D eigenvalue weighted by Crippen LogP contribution is 2.50. The van der Waals surface area contributed by atoms with Crippen molar-refractivity contribution in [1.82, 2.24) is 30.2 Å². The number of hydrogen-bond acceptors (Lipinski definition) is 7. The number of aromatic amines is 2. The van der Waals surface area contributed by atoms with Crippen LogP contribution in [-0.4, -0.2) is 55.7 Å². The molecule has 0 radical (unpaired) electrons. The monoisotopic (exact) mass is 780 g/mol. The summed E-state index contributed by atoms with van der Waals surface area (Å²) in [4.78, 5) is 43.6. The van der Waals surface area contributed by atoms with E-state index in [1.807, 2.05) is 69.4 Å². The quantitative estimate of drug-likeness (QED) is 0.118. The maximum atomic E-state index is 13.0. The predicted molar refractivity (Wildman–Crippen MR) is 225 cm³/mol. The third-order valence-electron chi connectivity index (χ3n) is 11.3. The minimum atomic E-state index is -0.555. The molecule has 11 nitrogen and oxygen atoms in total. The molecule has 8 rings (SSSR count). The Labute approximate surface area is 339 Å². The summed E-state index contributed by atoms with van der Waals surface area (Å²) < 4.78 is 17.6. The maximum absolute atomic E-state index is 13.0. The molecule has 0 unspecified atom stereocenters. The molecular weight excluding hydrogens is 729 g/mol. The van der Waals surface area contributed by atoms with E-state index in [1.54, 1.807) is 4.90 Å². The molecule has 1 saturated heterocycles. The number of carbonyl (C=O) groups is 2. The van der Waals surface area contributed by atoms with Gasteiger partial charge in [0.1, 0.15) is 35.4 Å². The van der Waals surface area contributed by atoms with Gasteiger partial charge in [-0.2, -0.15) is 0 Å². The van der Waals surface area contributed by atoms with Gasteiger partial charge in [-0.15, -0.1) is 0 Å². The second-order valence-electron chi connectivity index (χ2n) is 17.1. The van der Waals surface area contributed by atoms with E-state index in [0.29, 0.717) is 13.1 Å². The van der Waals surface area contributed by atoms with Gasteiger partial charge >= 0.3 is 12.2 Å². The van der Waals surface area contributed by atoms with Crippen LogP contribution in [0.4, 0.5) is 9.59 Å². The Balaban J connectivity index is 0.917. The number of rotatable bonds is 10. The smallest absolute Gasteiger partial charge is 0.410 e. The molecule has 2 amide bonds. The average Bonchev–Trinajstić information content (AvgIpc) is 3.98. The Morgan fingerprint density at radius 1 is 0.948 bits per heavy atom. The van der Waals surface area contributed by atoms with Crippen molar-refractivity contribution in [3.63, 3.8) is 0 Å². The van der Waals surface area contributed by atoms with Crippen LogP contribution in [0, 0.1) is 0 Å². The van der Waals surface area contributed by atoms with Crippen LogP contribution in [0.1, 0.15) is 107 Å². The second-order valence-corrected chi connectivity index (χ2v) is 17.1. The van der Waals surface area contributed by atoms with Crippen LogP contribution in [0.3, 0.4) is 0 Å². The predicted octanol–water partition coefficient (Wildman–Crippen LogP) is 10.9. The first-order chi connectivity index (χ1) is 27.8. The first kappa shape index (κ1) is 38.8. The Morgan fingerprint density at radius 2 is 1.72 bits per heavy atom. The molecule has 300 valence electrons. The van der Waals surface area contributed by atoms with Crippen molar-refractivity contribution in [2.24, 2.45) is 0 Å². The molecule has 1 fully saturated rings. The fourth-order valence-corrected chi connectivity index (χ4v) is 8.04. The van der Waals surface area contributed by atoms with Gasteiger partial charge in [0.05, 0.1) is 17.1 Å². The molecule has 2 aliphatic heterocycles. The van der Waals surface area contributed by atoms with Crippen LogP contribution in [0.2, 0.25) is 0 Å². The van der Waals surface area contributed by atoms with Gasteiger partial charge in [-0.1, -0.05) is 69.3 Å². The molecule has 3 N–H and O–H groups in total. The highest BCUT2D eigenvalue weighted by molar-refractivity contribution is 5.83. The van der Waals surface area contributed by atoms with E-state index in [0.717, 1.165) is 98.9 Å². The molecule has 11 heteroatoms. The van der Waals surface area contributed by atoms with Crippen LogP contribution in [-0.2, 0) is 21.5 Å². The molecular formula is C47H52N6O5. The van der Waals surface area contributed by atoms with Crippen LogP contribution in [0.5, 0.6) is 11.5 Å². The van der Waals surface area contributed by atoms with E-state index in [9.17, 15) is 9.59 Å². The summed E-state index contributed by atoms with van der Waals surface area (Å²) in [5, 5.41) is 2.85. The van der Waals surface area contributed by atoms with Gasteiger partial charge in [-0.3, -0.25) is 4.90 Å². The number of likely N-dealkylation sites (tertiary alicyclic amines) is 1. The van der Waals surface area contributed by atoms with E-state index in [4.69, 9.17) is 24.2 Å². The molecule has 2 atom stereocenters. The third kappa shape index (κ3) is 8.16. The standard InChI is InChI=1S/C47H52N6O5/c1-29(12-10-22-48-44(54)56-28-30-13-8-7-9-14-30)38-27-49-42(52-38)33-18-21-40-35(24-33)47(5,6)34-19-16-32(26-41(34)57-40)31-17-20-36-37(25-31)51-43(50-36)39-15-11-23-53(39)45(55)58-46(2,3)4/h7-9,13-14,16-21,24-27,29,39H,10-12,15,22-23,28H2,1-6H3,(H,48,54)(H,49,52)(H,50,51)/t29-,39-/m0/s1. The lowest BCUT2D eigenvalue weighted by Crippen LogP contribution is -2.36. The fraction of sp³-hybridized carbons (Fsp3) is 0.362. The lowest BCUT2D eigenvalue weighted by atomic mass is 9.75. The van der Waals surface area contributed by atoms with Crippen molar-refractivity contribution in [1.29, 1.82) is 0 Å². The molecule has 0 spiro atoms. The van der Waals surface area contributed by atoms with Gasteiger partial charge in [0.15, 0.2) is 0 Å². The van der Waals surface area contributed by atoms with Gasteiger partial charge in [0, 0.05) is 47.1 Å². The number of ether oxygens (including phenoxy) is 3. The normalized spacial score (nSPS) is 16.3. The van der Waals surface area contributed by atoms with E-state index in [-0.39, 0.29) is 30.1 Å². The number of amides is 2. The fourth-order valence-electron chi connectivity index (χ4n) is 8.04. The maximum Gasteiger partial charge on any atom is 0.410 e. The Kier molecular flexibility index (Phi) is 10.5. The van der Waals surface area contributed by atoms with Crippen molar-refractivity contribution >= 4 is 23.2 Å². The van der Waals surface area contributed by atoms with Crippen molar-refractivity contribution in [3.8, 4) is 34.0 Å². The van der Waals surface area contributed by atoms with Crippen LogP contribution in [0.15, 0.2) is 91.1 Å². The molecule has 0 saturated carbocycles. The topological polar surface area (TPSA) is 134 Å². The van der Waals surface area contributed by atoms with Crippen molar-refractivity contribution in [2.75, 3.05) is 13.1 Å². The number of hydrogen-bond donors (Lipinski definition) is 3. The van der Waals surface area contributed by atoms with Gasteiger partial charge < -0.3 is 29.5 Å². The number of alkyl carbamates (subject to hydrolysis) is 1. The number of nitrogens with zero attached hydrogens (tertiary/aromatic N) is 3. The molecule has 4 heterocycles. The molecule has 2 aliphatic rings. The van der Waals surface area contributed by atoms with E-state index in [1.165, 1.54) is 0 Å². The number of H-pyrrole nitrogens is 2. The first-order valence-electron chi connectivity index (χ1n) is 20.3. The Hall–Kier alpha value is -6.10. The van der Waals surface area contributed by atoms with Crippen LogP contribution < -0.4 is 10.1 Å². The van der Waals surface area contributed by atoms with Gasteiger partial charge in [0.25, 0.3) is 0 Å². The number of nitrogens with one attached hydrogen (secondary N) is 3. The minimum Gasteiger partial charge on any atom is -0.457 e. The lowest BCUT2D eigenvalue weighted by molar-refractivity contribution is 0.0219. The van der Waals surface area contributed by atoms with Crippen molar-refractivity contribution in [3.05, 3.63) is 119 Å². The van der Waals surface area contributed by atoms with Crippen LogP contribution in [0.25, 0.3) is 33.5 Å². The largest absolute Gasteiger partial charge is 0.457 e. The summed E-state index contributed by atoms with van der Waals surface area (Å²) in [5.74, 6) is 3.49. The number of fused-ring (bicyclic) bond motifs is 3. The van der Waals surface area contributed by atoms with Gasteiger partial charge in [-0.05, 0) is 105 Å². The summed E-state index contributed by atoms with van der Waals surface area (Å²) in [7, 11) is 0. The lowest BCUT2D eigenvalue weighted by Gasteiger charge is -2.35. The Bertz CT molecular complexity index is 2450. The number of benzene rings is 4. The van der Waals surface area contributed by atoms with Gasteiger partial charge in [-0.25, -0.2) is 19.6 Å². The van der Waals surface area contributed by atoms with E-state index in [2.05, 4.69) is 78.5 Å². The Morgan fingerprint density at radius 3 is 2.53 bits per heavy atom. The molecule has 0 bridgehead atoms. The molecule has 58 heavy (non-hydrogen) atoms. The first-order valence-corrected chi connectivity index (χ1v) is 20.3. The van der Waals surface area contributed by atoms with Crippen LogP contribution >= 0.6 is 0 Å². The number of carbonyl (C=O) groups excluding carboxylic acids is 2. The summed E-state index contributed by atoms with van der Waals surface area (Å²) in [6, 6.07) is 28.5. The molecule has 2 aromatic heterocycles.